The third-order valence-corrected chi connectivity index (χ3v) is 4.00. The summed E-state index contributed by atoms with van der Waals surface area (Å²) in [5.41, 5.74) is -0.823. The Labute approximate surface area is 82.2 Å². The molecule has 2 aliphatic heterocycles. The fourth-order valence-electron chi connectivity index (χ4n) is 2.89. The second-order valence-electron chi connectivity index (χ2n) is 4.93. The van der Waals surface area contributed by atoms with Crippen molar-refractivity contribution in [3.63, 3.8) is 0 Å². The van der Waals surface area contributed by atoms with Gasteiger partial charge in [-0.1, -0.05) is 6.92 Å². The Hall–Kier alpha value is -0.450. The van der Waals surface area contributed by atoms with E-state index in [-0.39, 0.29) is 24.0 Å². The molecule has 14 heavy (non-hydrogen) atoms. The van der Waals surface area contributed by atoms with Crippen LogP contribution in [0, 0.1) is 11.8 Å². The van der Waals surface area contributed by atoms with E-state index in [0.29, 0.717) is 6.42 Å². The van der Waals surface area contributed by atoms with Gasteiger partial charge in [-0.15, -0.1) is 0 Å². The number of fused-ring (bicyclic) bond motifs is 2. The summed E-state index contributed by atoms with van der Waals surface area (Å²) in [6.45, 7) is 3.71. The predicted molar refractivity (Wildman–Crippen MR) is 46.2 cm³/mol. The summed E-state index contributed by atoms with van der Waals surface area (Å²) in [6.07, 6.45) is 0.254. The molecule has 78 valence electrons. The molecule has 3 aliphatic rings. The zero-order valence-corrected chi connectivity index (χ0v) is 8.32. The lowest BCUT2D eigenvalue weighted by Gasteiger charge is -2.44. The zero-order chi connectivity index (χ0) is 10.1. The summed E-state index contributed by atoms with van der Waals surface area (Å²) in [5, 5.41) is 10.2. The van der Waals surface area contributed by atoms with Crippen molar-refractivity contribution in [1.29, 1.82) is 0 Å². The molecule has 4 nitrogen and oxygen atoms in total. The number of ether oxygens (including phenoxy) is 2. The fourth-order valence-corrected chi connectivity index (χ4v) is 2.89. The van der Waals surface area contributed by atoms with E-state index >= 15 is 0 Å². The summed E-state index contributed by atoms with van der Waals surface area (Å²) in [5.74, 6) is -1.06. The summed E-state index contributed by atoms with van der Waals surface area (Å²) in [7, 11) is 0. The lowest BCUT2D eigenvalue weighted by Crippen LogP contribution is -2.58. The van der Waals surface area contributed by atoms with Crippen LogP contribution in [0.3, 0.4) is 0 Å². The molecule has 3 rings (SSSR count). The van der Waals surface area contributed by atoms with Gasteiger partial charge in [-0.2, -0.15) is 0 Å². The quantitative estimate of drug-likeness (QED) is 0.613. The van der Waals surface area contributed by atoms with Gasteiger partial charge < -0.3 is 14.6 Å². The number of Topliss-reactive ketones (excluding diaryl/α,β-unsaturated/α-hetero) is 1. The van der Waals surface area contributed by atoms with Crippen LogP contribution in [0.4, 0.5) is 0 Å². The maximum Gasteiger partial charge on any atom is 0.198 e. The van der Waals surface area contributed by atoms with Crippen molar-refractivity contribution in [3.8, 4) is 0 Å². The number of carbonyl (C=O) groups is 1. The molecule has 1 saturated carbocycles. The molecule has 0 amide bonds. The first-order chi connectivity index (χ1) is 6.45. The Morgan fingerprint density at radius 3 is 2.93 bits per heavy atom. The van der Waals surface area contributed by atoms with Crippen molar-refractivity contribution in [1.82, 2.24) is 0 Å². The van der Waals surface area contributed by atoms with Gasteiger partial charge in [-0.3, -0.25) is 4.79 Å². The molecule has 0 spiro atoms. The van der Waals surface area contributed by atoms with Gasteiger partial charge in [0.1, 0.15) is 11.4 Å². The highest BCUT2D eigenvalue weighted by Gasteiger charge is 2.68. The van der Waals surface area contributed by atoms with Crippen LogP contribution in [0.2, 0.25) is 0 Å². The lowest BCUT2D eigenvalue weighted by atomic mass is 9.70. The van der Waals surface area contributed by atoms with Gasteiger partial charge in [0, 0.05) is 24.7 Å². The number of hydrogen-bond acceptors (Lipinski definition) is 4. The topological polar surface area (TPSA) is 55.8 Å². The second kappa shape index (κ2) is 2.21. The van der Waals surface area contributed by atoms with Crippen LogP contribution < -0.4 is 0 Å². The van der Waals surface area contributed by atoms with Crippen LogP contribution in [0.1, 0.15) is 26.7 Å². The van der Waals surface area contributed by atoms with E-state index in [9.17, 15) is 9.90 Å². The molecule has 0 aromatic rings. The summed E-state index contributed by atoms with van der Waals surface area (Å²) in [4.78, 5) is 11.8. The molecule has 3 fully saturated rings. The number of aliphatic hydroxyl groups is 1. The molecular formula is C10H14O4. The number of carbonyl (C=O) groups excluding carboxylic acids is 1. The van der Waals surface area contributed by atoms with Crippen molar-refractivity contribution >= 4 is 5.78 Å². The maximum atomic E-state index is 11.8. The fraction of sp³-hybridized carbons (Fsp3) is 0.900. The Morgan fingerprint density at radius 2 is 2.21 bits per heavy atom. The molecule has 1 N–H and O–H groups in total. The molecule has 0 aromatic heterocycles. The van der Waals surface area contributed by atoms with Gasteiger partial charge in [0.2, 0.25) is 0 Å². The molecule has 0 radical (unpaired) electrons. The zero-order valence-electron chi connectivity index (χ0n) is 8.32. The van der Waals surface area contributed by atoms with E-state index in [1.54, 1.807) is 6.92 Å². The first-order valence-electron chi connectivity index (χ1n) is 5.06. The molecule has 5 atom stereocenters. The van der Waals surface area contributed by atoms with Crippen molar-refractivity contribution in [2.24, 2.45) is 11.8 Å². The molecule has 4 heteroatoms. The molecule has 5 unspecified atom stereocenters. The van der Waals surface area contributed by atoms with Crippen LogP contribution in [0.25, 0.3) is 0 Å². The molecule has 0 aromatic carbocycles. The van der Waals surface area contributed by atoms with Crippen LogP contribution >= 0.6 is 0 Å². The molecule has 3 bridgehead atoms. The monoisotopic (exact) mass is 198 g/mol. The minimum atomic E-state index is -1.23. The van der Waals surface area contributed by atoms with Crippen LogP contribution in [-0.2, 0) is 14.3 Å². The van der Waals surface area contributed by atoms with Gasteiger partial charge in [-0.25, -0.2) is 0 Å². The van der Waals surface area contributed by atoms with Crippen molar-refractivity contribution < 1.29 is 19.4 Å². The average molecular weight is 198 g/mol. The van der Waals surface area contributed by atoms with Crippen molar-refractivity contribution in [3.05, 3.63) is 0 Å². The van der Waals surface area contributed by atoms with Crippen LogP contribution in [0.15, 0.2) is 0 Å². The summed E-state index contributed by atoms with van der Waals surface area (Å²) in [6, 6.07) is 0. The largest absolute Gasteiger partial charge is 0.363 e. The van der Waals surface area contributed by atoms with Crippen molar-refractivity contribution in [2.45, 2.75) is 44.4 Å². The highest BCUT2D eigenvalue weighted by atomic mass is 16.8. The van der Waals surface area contributed by atoms with E-state index in [0.717, 1.165) is 0 Å². The first-order valence-corrected chi connectivity index (χ1v) is 5.06. The predicted octanol–water partition coefficient (Wildman–Crippen LogP) is 0.435. The SMILES string of the molecule is CC1C2OC3(C)CC(=O)C1CC3(O)O2. The lowest BCUT2D eigenvalue weighted by molar-refractivity contribution is -0.266. The highest BCUT2D eigenvalue weighted by molar-refractivity contribution is 5.84. The van der Waals surface area contributed by atoms with E-state index in [1.807, 2.05) is 6.92 Å². The Balaban J connectivity index is 2.11. The summed E-state index contributed by atoms with van der Waals surface area (Å²) < 4.78 is 11.1. The van der Waals surface area contributed by atoms with Gasteiger partial charge in [0.25, 0.3) is 0 Å². The maximum absolute atomic E-state index is 11.8. The highest BCUT2D eigenvalue weighted by Crippen LogP contribution is 2.55. The van der Waals surface area contributed by atoms with E-state index < -0.39 is 17.7 Å². The number of rotatable bonds is 0. The minimum Gasteiger partial charge on any atom is -0.363 e. The number of ketones is 1. The smallest absolute Gasteiger partial charge is 0.198 e. The third kappa shape index (κ3) is 0.782. The second-order valence-corrected chi connectivity index (χ2v) is 4.93. The normalized spacial score (nSPS) is 60.8. The van der Waals surface area contributed by atoms with E-state index in [1.165, 1.54) is 0 Å². The van der Waals surface area contributed by atoms with Crippen LogP contribution in [-0.4, -0.2) is 28.6 Å². The molecular weight excluding hydrogens is 184 g/mol. The Kier molecular flexibility index (Phi) is 1.39. The minimum absolute atomic E-state index is 0.0621. The van der Waals surface area contributed by atoms with Crippen molar-refractivity contribution in [2.75, 3.05) is 0 Å². The molecule has 2 saturated heterocycles. The van der Waals surface area contributed by atoms with E-state index in [4.69, 9.17) is 9.47 Å². The molecule has 1 aliphatic carbocycles. The average Bonchev–Trinajstić information content (AvgIpc) is 2.26. The van der Waals surface area contributed by atoms with Gasteiger partial charge in [0.05, 0.1) is 0 Å². The summed E-state index contributed by atoms with van der Waals surface area (Å²) >= 11 is 0. The molecule has 2 heterocycles. The standard InChI is InChI=1S/C10H14O4/c1-5-6-3-10(12)9(2,4-7(6)11)13-8(5)14-10/h5-6,8,12H,3-4H2,1-2H3. The van der Waals surface area contributed by atoms with Crippen LogP contribution in [0.5, 0.6) is 0 Å². The third-order valence-electron chi connectivity index (χ3n) is 4.00. The number of hydrogen-bond donors (Lipinski definition) is 1. The van der Waals surface area contributed by atoms with Gasteiger partial charge >= 0.3 is 0 Å². The Morgan fingerprint density at radius 1 is 1.50 bits per heavy atom. The van der Waals surface area contributed by atoms with E-state index in [2.05, 4.69) is 0 Å². The first kappa shape index (κ1) is 8.83. The van der Waals surface area contributed by atoms with Gasteiger partial charge in [0.15, 0.2) is 12.1 Å². The van der Waals surface area contributed by atoms with Gasteiger partial charge in [-0.05, 0) is 6.92 Å². The Bertz CT molecular complexity index is 315.